The maximum absolute atomic E-state index is 13.6. The Labute approximate surface area is 221 Å². The van der Waals surface area contributed by atoms with Gasteiger partial charge in [-0.2, -0.15) is 0 Å². The van der Waals surface area contributed by atoms with Crippen LogP contribution in [0.4, 0.5) is 5.69 Å². The molecule has 0 radical (unpaired) electrons. The van der Waals surface area contributed by atoms with Gasteiger partial charge in [-0.15, -0.1) is 0 Å². The minimum atomic E-state index is -1.29. The highest BCUT2D eigenvalue weighted by atomic mass is 16.5. The SMILES string of the molecule is COc1cc(C(Nc2ccc(C(=N)N)cc2)C(=O)NC2(C(=O)O)CCCC2)ccc1OCc1ccccc1. The molecule has 0 saturated heterocycles. The van der Waals surface area contributed by atoms with Crippen molar-refractivity contribution in [1.82, 2.24) is 5.32 Å². The first-order valence-electron chi connectivity index (χ1n) is 12.4. The van der Waals surface area contributed by atoms with Crippen LogP contribution in [0, 0.1) is 5.41 Å². The van der Waals surface area contributed by atoms with Crippen molar-refractivity contribution < 1.29 is 24.2 Å². The van der Waals surface area contributed by atoms with Crippen LogP contribution in [-0.4, -0.2) is 35.5 Å². The number of nitrogens with two attached hydrogens (primary N) is 1. The number of benzene rings is 3. The largest absolute Gasteiger partial charge is 0.493 e. The van der Waals surface area contributed by atoms with E-state index < -0.39 is 23.5 Å². The van der Waals surface area contributed by atoms with Crippen molar-refractivity contribution in [2.75, 3.05) is 12.4 Å². The zero-order chi connectivity index (χ0) is 27.1. The molecule has 0 heterocycles. The van der Waals surface area contributed by atoms with Gasteiger partial charge in [-0.05, 0) is 60.4 Å². The second kappa shape index (κ2) is 11.7. The summed E-state index contributed by atoms with van der Waals surface area (Å²) in [6.07, 6.45) is 2.23. The lowest BCUT2D eigenvalue weighted by Crippen LogP contribution is -2.54. The van der Waals surface area contributed by atoms with E-state index in [4.69, 9.17) is 20.6 Å². The van der Waals surface area contributed by atoms with Crippen LogP contribution < -0.4 is 25.8 Å². The van der Waals surface area contributed by atoms with E-state index >= 15 is 0 Å². The van der Waals surface area contributed by atoms with Crippen LogP contribution in [0.2, 0.25) is 0 Å². The van der Waals surface area contributed by atoms with E-state index in [0.29, 0.717) is 47.8 Å². The first-order chi connectivity index (χ1) is 18.3. The monoisotopic (exact) mass is 516 g/mol. The molecule has 1 saturated carbocycles. The van der Waals surface area contributed by atoms with E-state index in [-0.39, 0.29) is 5.84 Å². The number of hydrogen-bond acceptors (Lipinski definition) is 6. The Morgan fingerprint density at radius 2 is 1.71 bits per heavy atom. The van der Waals surface area contributed by atoms with Crippen LogP contribution in [0.25, 0.3) is 0 Å². The molecular formula is C29H32N4O5. The lowest BCUT2D eigenvalue weighted by atomic mass is 9.96. The Kier molecular flexibility index (Phi) is 8.15. The highest BCUT2D eigenvalue weighted by Gasteiger charge is 2.44. The Morgan fingerprint density at radius 3 is 2.32 bits per heavy atom. The molecule has 1 fully saturated rings. The quantitative estimate of drug-likeness (QED) is 0.189. The van der Waals surface area contributed by atoms with Crippen molar-refractivity contribution in [3.05, 3.63) is 89.5 Å². The van der Waals surface area contributed by atoms with Crippen LogP contribution >= 0.6 is 0 Å². The number of nitrogen functional groups attached to an aromatic ring is 1. The van der Waals surface area contributed by atoms with E-state index in [1.165, 1.54) is 7.11 Å². The van der Waals surface area contributed by atoms with Crippen LogP contribution in [0.15, 0.2) is 72.8 Å². The molecule has 6 N–H and O–H groups in total. The Balaban J connectivity index is 1.62. The number of nitrogens with one attached hydrogen (secondary N) is 3. The summed E-state index contributed by atoms with van der Waals surface area (Å²) in [5.74, 6) is -0.604. The second-order valence-corrected chi connectivity index (χ2v) is 9.34. The lowest BCUT2D eigenvalue weighted by molar-refractivity contribution is -0.147. The standard InChI is InChI=1S/C29H32N4O5/c1-37-24-17-21(11-14-23(24)38-18-19-7-3-2-4-8-19)25(32-22-12-9-20(10-13-22)26(30)31)27(34)33-29(28(35)36)15-5-6-16-29/h2-4,7-14,17,25,32H,5-6,15-16,18H2,1H3,(H3,30,31)(H,33,34)(H,35,36). The number of methoxy groups -OCH3 is 1. The smallest absolute Gasteiger partial charge is 0.329 e. The van der Waals surface area contributed by atoms with Gasteiger partial charge in [0.1, 0.15) is 24.0 Å². The molecule has 3 aromatic rings. The zero-order valence-electron chi connectivity index (χ0n) is 21.2. The van der Waals surface area contributed by atoms with Crippen molar-refractivity contribution in [3.63, 3.8) is 0 Å². The van der Waals surface area contributed by atoms with Gasteiger partial charge in [0.25, 0.3) is 0 Å². The number of ether oxygens (including phenoxy) is 2. The van der Waals surface area contributed by atoms with Gasteiger partial charge in [-0.3, -0.25) is 10.2 Å². The number of aliphatic carboxylic acids is 1. The molecule has 1 amide bonds. The third-order valence-corrected chi connectivity index (χ3v) is 6.76. The summed E-state index contributed by atoms with van der Waals surface area (Å²) in [6, 6.07) is 20.8. The van der Waals surface area contributed by atoms with Gasteiger partial charge in [-0.25, -0.2) is 4.79 Å². The van der Waals surface area contributed by atoms with E-state index in [0.717, 1.165) is 18.4 Å². The van der Waals surface area contributed by atoms with Gasteiger partial charge in [0.05, 0.1) is 7.11 Å². The molecule has 1 unspecified atom stereocenters. The molecule has 1 atom stereocenters. The van der Waals surface area contributed by atoms with E-state index in [1.807, 2.05) is 30.3 Å². The molecule has 38 heavy (non-hydrogen) atoms. The first kappa shape index (κ1) is 26.5. The molecule has 0 aromatic heterocycles. The topological polar surface area (TPSA) is 147 Å². The number of carboxylic acid groups (broad SMARTS) is 1. The second-order valence-electron chi connectivity index (χ2n) is 9.34. The summed E-state index contributed by atoms with van der Waals surface area (Å²) >= 11 is 0. The Hall–Kier alpha value is -4.53. The fourth-order valence-electron chi connectivity index (χ4n) is 4.61. The van der Waals surface area contributed by atoms with Crippen LogP contribution in [0.3, 0.4) is 0 Å². The minimum absolute atomic E-state index is 0.0636. The van der Waals surface area contributed by atoms with Gasteiger partial charge in [0.2, 0.25) is 5.91 Å². The average Bonchev–Trinajstić information content (AvgIpc) is 3.41. The van der Waals surface area contributed by atoms with E-state index in [1.54, 1.807) is 42.5 Å². The molecule has 1 aliphatic carbocycles. The summed E-state index contributed by atoms with van der Waals surface area (Å²) in [6.45, 7) is 0.350. The van der Waals surface area contributed by atoms with Crippen molar-refractivity contribution in [1.29, 1.82) is 5.41 Å². The maximum atomic E-state index is 13.6. The molecule has 0 spiro atoms. The predicted octanol–water partition coefficient (Wildman–Crippen LogP) is 4.23. The fourth-order valence-corrected chi connectivity index (χ4v) is 4.61. The van der Waals surface area contributed by atoms with Crippen molar-refractivity contribution in [3.8, 4) is 11.5 Å². The molecule has 9 nitrogen and oxygen atoms in total. The molecule has 198 valence electrons. The molecule has 0 bridgehead atoms. The van der Waals surface area contributed by atoms with Crippen molar-refractivity contribution in [2.24, 2.45) is 5.73 Å². The average molecular weight is 517 g/mol. The number of anilines is 1. The molecule has 0 aliphatic heterocycles. The molecule has 1 aliphatic rings. The van der Waals surface area contributed by atoms with Crippen LogP contribution in [-0.2, 0) is 16.2 Å². The highest BCUT2D eigenvalue weighted by Crippen LogP contribution is 2.34. The normalized spacial score (nSPS) is 14.8. The van der Waals surface area contributed by atoms with E-state index in [2.05, 4.69) is 10.6 Å². The van der Waals surface area contributed by atoms with Crippen molar-refractivity contribution >= 4 is 23.4 Å². The molecule has 3 aromatic carbocycles. The number of carbonyl (C=O) groups is 2. The third-order valence-electron chi connectivity index (χ3n) is 6.76. The van der Waals surface area contributed by atoms with Gasteiger partial charge in [0.15, 0.2) is 11.5 Å². The summed E-state index contributed by atoms with van der Waals surface area (Å²) in [7, 11) is 1.52. The number of amidine groups is 1. The van der Waals surface area contributed by atoms with Crippen LogP contribution in [0.5, 0.6) is 11.5 Å². The summed E-state index contributed by atoms with van der Waals surface area (Å²) in [5.41, 5.74) is 7.00. The Morgan fingerprint density at radius 1 is 1.03 bits per heavy atom. The number of hydrogen-bond donors (Lipinski definition) is 5. The Bertz CT molecular complexity index is 1290. The third kappa shape index (κ3) is 6.05. The summed E-state index contributed by atoms with van der Waals surface area (Å²) in [4.78, 5) is 25.7. The first-order valence-corrected chi connectivity index (χ1v) is 12.4. The minimum Gasteiger partial charge on any atom is -0.493 e. The molecular weight excluding hydrogens is 484 g/mol. The number of carboxylic acids is 1. The predicted molar refractivity (Wildman–Crippen MR) is 145 cm³/mol. The van der Waals surface area contributed by atoms with Gasteiger partial charge >= 0.3 is 5.97 Å². The van der Waals surface area contributed by atoms with Crippen LogP contribution in [0.1, 0.15) is 48.4 Å². The van der Waals surface area contributed by atoms with Gasteiger partial charge in [0, 0.05) is 11.3 Å². The maximum Gasteiger partial charge on any atom is 0.329 e. The van der Waals surface area contributed by atoms with Gasteiger partial charge < -0.3 is 30.9 Å². The number of rotatable bonds is 11. The van der Waals surface area contributed by atoms with E-state index in [9.17, 15) is 14.7 Å². The number of carbonyl (C=O) groups excluding carboxylic acids is 1. The highest BCUT2D eigenvalue weighted by molar-refractivity contribution is 5.95. The van der Waals surface area contributed by atoms with Gasteiger partial charge in [-0.1, -0.05) is 49.2 Å². The summed E-state index contributed by atoms with van der Waals surface area (Å²) < 4.78 is 11.5. The lowest BCUT2D eigenvalue weighted by Gasteiger charge is -2.29. The summed E-state index contributed by atoms with van der Waals surface area (Å²) in [5, 5.41) is 23.5. The molecule has 4 rings (SSSR count). The number of amides is 1. The molecule has 9 heteroatoms. The fraction of sp³-hybridized carbons (Fsp3) is 0.276. The van der Waals surface area contributed by atoms with Crippen molar-refractivity contribution in [2.45, 2.75) is 43.9 Å². The zero-order valence-corrected chi connectivity index (χ0v) is 21.2.